The van der Waals surface area contributed by atoms with Crippen molar-refractivity contribution < 1.29 is 8.42 Å². The first-order valence-electron chi connectivity index (χ1n) is 4.37. The molecule has 0 radical (unpaired) electrons. The zero-order chi connectivity index (χ0) is 11.1. The molecule has 1 aromatic heterocycles. The van der Waals surface area contributed by atoms with Crippen molar-refractivity contribution in [1.82, 2.24) is 4.98 Å². The molecule has 0 fully saturated rings. The normalized spacial score (nSPS) is 11.9. The summed E-state index contributed by atoms with van der Waals surface area (Å²) in [6.07, 6.45) is 1.58. The van der Waals surface area contributed by atoms with Crippen LogP contribution in [0, 0.1) is 6.92 Å². The predicted octanol–water partition coefficient (Wildman–Crippen LogP) is 1.19. The Kier molecular flexibility index (Phi) is 2.21. The third-order valence-corrected chi connectivity index (χ3v) is 3.24. The molecule has 0 bridgehead atoms. The average molecular weight is 222 g/mol. The maximum absolute atomic E-state index is 11.3. The van der Waals surface area contributed by atoms with Crippen molar-refractivity contribution in [2.24, 2.45) is 5.14 Å². The molecule has 0 unspecified atom stereocenters. The molecule has 0 amide bonds. The Morgan fingerprint density at radius 3 is 2.60 bits per heavy atom. The molecule has 15 heavy (non-hydrogen) atoms. The Balaban J connectivity index is 2.96. The largest absolute Gasteiger partial charge is 0.261 e. The van der Waals surface area contributed by atoms with Crippen LogP contribution >= 0.6 is 0 Å². The number of rotatable bonds is 1. The van der Waals surface area contributed by atoms with Crippen LogP contribution in [0.25, 0.3) is 10.8 Å². The van der Waals surface area contributed by atoms with Gasteiger partial charge in [0.25, 0.3) is 0 Å². The average Bonchev–Trinajstić information content (AvgIpc) is 2.16. The fourth-order valence-corrected chi connectivity index (χ4v) is 2.33. The highest BCUT2D eigenvalue weighted by Crippen LogP contribution is 2.22. The molecular formula is C10H10N2O2S. The summed E-state index contributed by atoms with van der Waals surface area (Å²) in [6.45, 7) is 1.83. The molecule has 0 aliphatic heterocycles. The monoisotopic (exact) mass is 222 g/mol. The minimum atomic E-state index is -3.67. The van der Waals surface area contributed by atoms with E-state index in [0.717, 1.165) is 11.1 Å². The quantitative estimate of drug-likeness (QED) is 0.787. The van der Waals surface area contributed by atoms with E-state index in [2.05, 4.69) is 4.98 Å². The van der Waals surface area contributed by atoms with Gasteiger partial charge in [-0.1, -0.05) is 12.1 Å². The molecule has 5 heteroatoms. The Morgan fingerprint density at radius 1 is 1.20 bits per heavy atom. The number of aryl methyl sites for hydroxylation is 1. The molecule has 4 nitrogen and oxygen atoms in total. The van der Waals surface area contributed by atoms with Gasteiger partial charge in [0.2, 0.25) is 10.0 Å². The summed E-state index contributed by atoms with van der Waals surface area (Å²) in [5, 5.41) is 6.55. The maximum Gasteiger partial charge on any atom is 0.238 e. The van der Waals surface area contributed by atoms with Crippen LogP contribution in [0.4, 0.5) is 0 Å². The van der Waals surface area contributed by atoms with Crippen molar-refractivity contribution in [1.29, 1.82) is 0 Å². The van der Waals surface area contributed by atoms with Gasteiger partial charge in [0.1, 0.15) is 0 Å². The summed E-state index contributed by atoms with van der Waals surface area (Å²) in [7, 11) is -3.67. The summed E-state index contributed by atoms with van der Waals surface area (Å²) < 4.78 is 22.6. The lowest BCUT2D eigenvalue weighted by Crippen LogP contribution is -2.12. The predicted molar refractivity (Wildman–Crippen MR) is 57.9 cm³/mol. The number of primary sulfonamides is 1. The van der Waals surface area contributed by atoms with E-state index in [1.165, 1.54) is 6.07 Å². The van der Waals surface area contributed by atoms with E-state index in [0.29, 0.717) is 5.39 Å². The van der Waals surface area contributed by atoms with Crippen LogP contribution in [0.2, 0.25) is 0 Å². The zero-order valence-corrected chi connectivity index (χ0v) is 8.95. The second kappa shape index (κ2) is 3.29. The highest BCUT2D eigenvalue weighted by atomic mass is 32.2. The maximum atomic E-state index is 11.3. The zero-order valence-electron chi connectivity index (χ0n) is 8.14. The van der Waals surface area contributed by atoms with E-state index in [1.54, 1.807) is 18.3 Å². The lowest BCUT2D eigenvalue weighted by atomic mass is 10.1. The van der Waals surface area contributed by atoms with E-state index in [-0.39, 0.29) is 4.90 Å². The Hall–Kier alpha value is -1.46. The Labute approximate surface area is 87.8 Å². The molecule has 0 saturated heterocycles. The number of aromatic nitrogens is 1. The number of benzene rings is 1. The first-order chi connectivity index (χ1) is 7.00. The van der Waals surface area contributed by atoms with Gasteiger partial charge in [-0.2, -0.15) is 0 Å². The van der Waals surface area contributed by atoms with Gasteiger partial charge in [-0.25, -0.2) is 13.6 Å². The van der Waals surface area contributed by atoms with E-state index >= 15 is 0 Å². The summed E-state index contributed by atoms with van der Waals surface area (Å²) in [4.78, 5) is 4.24. The van der Waals surface area contributed by atoms with Crippen molar-refractivity contribution in [3.8, 4) is 0 Å². The lowest BCUT2D eigenvalue weighted by molar-refractivity contribution is 0.598. The van der Waals surface area contributed by atoms with Crippen LogP contribution < -0.4 is 5.14 Å². The molecule has 0 aliphatic rings. The van der Waals surface area contributed by atoms with Gasteiger partial charge < -0.3 is 0 Å². The first-order valence-corrected chi connectivity index (χ1v) is 5.92. The molecule has 2 rings (SSSR count). The molecular weight excluding hydrogens is 212 g/mol. The molecule has 1 aromatic carbocycles. The second-order valence-corrected chi connectivity index (χ2v) is 4.82. The SMILES string of the molecule is Cc1nccc2c(S(N)(=O)=O)cccc12. The van der Waals surface area contributed by atoms with E-state index in [9.17, 15) is 8.42 Å². The number of nitrogens with two attached hydrogens (primary N) is 1. The Bertz CT molecular complexity index is 620. The highest BCUT2D eigenvalue weighted by Gasteiger charge is 2.12. The number of pyridine rings is 1. The third-order valence-electron chi connectivity index (χ3n) is 2.27. The summed E-state index contributed by atoms with van der Waals surface area (Å²) in [6, 6.07) is 6.64. The van der Waals surface area contributed by atoms with Gasteiger partial charge in [0, 0.05) is 22.7 Å². The summed E-state index contributed by atoms with van der Waals surface area (Å²) >= 11 is 0. The summed E-state index contributed by atoms with van der Waals surface area (Å²) in [5.41, 5.74) is 0.790. The van der Waals surface area contributed by atoms with Gasteiger partial charge in [-0.15, -0.1) is 0 Å². The third kappa shape index (κ3) is 1.71. The molecule has 2 N–H and O–H groups in total. The van der Waals surface area contributed by atoms with E-state index in [1.807, 2.05) is 13.0 Å². The van der Waals surface area contributed by atoms with Crippen molar-refractivity contribution in [2.75, 3.05) is 0 Å². The van der Waals surface area contributed by atoms with Gasteiger partial charge in [-0.05, 0) is 19.1 Å². The minimum absolute atomic E-state index is 0.144. The number of sulfonamides is 1. The van der Waals surface area contributed by atoms with Crippen LogP contribution in [-0.2, 0) is 10.0 Å². The molecule has 1 heterocycles. The molecule has 0 atom stereocenters. The van der Waals surface area contributed by atoms with Crippen molar-refractivity contribution >= 4 is 20.8 Å². The highest BCUT2D eigenvalue weighted by molar-refractivity contribution is 7.89. The fraction of sp³-hybridized carbons (Fsp3) is 0.100. The van der Waals surface area contributed by atoms with Crippen molar-refractivity contribution in [2.45, 2.75) is 11.8 Å². The number of nitrogens with zero attached hydrogens (tertiary/aromatic N) is 1. The lowest BCUT2D eigenvalue weighted by Gasteiger charge is -2.05. The Morgan fingerprint density at radius 2 is 1.93 bits per heavy atom. The van der Waals surface area contributed by atoms with Crippen LogP contribution in [0.15, 0.2) is 35.4 Å². The van der Waals surface area contributed by atoms with E-state index < -0.39 is 10.0 Å². The van der Waals surface area contributed by atoms with Crippen LogP contribution in [0.5, 0.6) is 0 Å². The molecule has 0 aliphatic carbocycles. The molecule has 78 valence electrons. The fourth-order valence-electron chi connectivity index (χ4n) is 1.57. The first kappa shape index (κ1) is 10.1. The van der Waals surface area contributed by atoms with Crippen LogP contribution in [0.1, 0.15) is 5.69 Å². The molecule has 0 spiro atoms. The second-order valence-electron chi connectivity index (χ2n) is 3.29. The van der Waals surface area contributed by atoms with Gasteiger partial charge in [-0.3, -0.25) is 4.98 Å². The van der Waals surface area contributed by atoms with Crippen molar-refractivity contribution in [3.63, 3.8) is 0 Å². The minimum Gasteiger partial charge on any atom is -0.261 e. The number of fused-ring (bicyclic) bond motifs is 1. The van der Waals surface area contributed by atoms with Gasteiger partial charge >= 0.3 is 0 Å². The molecule has 0 saturated carbocycles. The van der Waals surface area contributed by atoms with Gasteiger partial charge in [0.15, 0.2) is 0 Å². The topological polar surface area (TPSA) is 73.0 Å². The van der Waals surface area contributed by atoms with Gasteiger partial charge in [0.05, 0.1) is 4.90 Å². The number of hydrogen-bond acceptors (Lipinski definition) is 3. The number of hydrogen-bond donors (Lipinski definition) is 1. The van der Waals surface area contributed by atoms with Crippen LogP contribution in [-0.4, -0.2) is 13.4 Å². The smallest absolute Gasteiger partial charge is 0.238 e. The molecule has 2 aromatic rings. The van der Waals surface area contributed by atoms with E-state index in [4.69, 9.17) is 5.14 Å². The van der Waals surface area contributed by atoms with Crippen molar-refractivity contribution in [3.05, 3.63) is 36.2 Å². The standard InChI is InChI=1S/C10H10N2O2S/c1-7-8-3-2-4-10(15(11,13)14)9(8)5-6-12-7/h2-6H,1H3,(H2,11,13,14). The van der Waals surface area contributed by atoms with Crippen LogP contribution in [0.3, 0.4) is 0 Å². The summed E-state index contributed by atoms with van der Waals surface area (Å²) in [5.74, 6) is 0.